The van der Waals surface area contributed by atoms with Crippen molar-refractivity contribution in [2.75, 3.05) is 6.61 Å². The topological polar surface area (TPSA) is 56.5 Å². The molecule has 2 aromatic rings. The molecule has 176 valence electrons. The van der Waals surface area contributed by atoms with Crippen molar-refractivity contribution in [2.45, 2.75) is 77.5 Å². The maximum Gasteiger partial charge on any atom is 0.296 e. The highest BCUT2D eigenvalue weighted by molar-refractivity contribution is 7.86. The monoisotopic (exact) mass is 458 g/mol. The third-order valence-corrected chi connectivity index (χ3v) is 10.4. The zero-order valence-electron chi connectivity index (χ0n) is 20.0. The second-order valence-electron chi connectivity index (χ2n) is 10.8. The lowest BCUT2D eigenvalue weighted by molar-refractivity contribution is -0.119. The van der Waals surface area contributed by atoms with Crippen LogP contribution in [0.4, 0.5) is 0 Å². The van der Waals surface area contributed by atoms with Crippen LogP contribution in [0.2, 0.25) is 0 Å². The molecule has 2 fully saturated rings. The second-order valence-corrected chi connectivity index (χ2v) is 12.4. The van der Waals surface area contributed by atoms with E-state index in [1.807, 2.05) is 25.3 Å². The van der Waals surface area contributed by atoms with Gasteiger partial charge < -0.3 is 4.42 Å². The van der Waals surface area contributed by atoms with Gasteiger partial charge in [-0.3, -0.25) is 4.18 Å². The minimum absolute atomic E-state index is 0.110. The summed E-state index contributed by atoms with van der Waals surface area (Å²) in [4.78, 5) is 0.253. The van der Waals surface area contributed by atoms with Crippen molar-refractivity contribution in [2.24, 2.45) is 28.6 Å². The molecule has 0 amide bonds. The molecular weight excluding hydrogens is 420 g/mol. The summed E-state index contributed by atoms with van der Waals surface area (Å²) in [6.45, 7) is 9.54. The minimum atomic E-state index is -3.73. The van der Waals surface area contributed by atoms with Gasteiger partial charge in [0.15, 0.2) is 0 Å². The summed E-state index contributed by atoms with van der Waals surface area (Å²) in [5.74, 6) is 1.50. The summed E-state index contributed by atoms with van der Waals surface area (Å²) < 4.78 is 36.6. The summed E-state index contributed by atoms with van der Waals surface area (Å²) in [6.07, 6.45) is 11.6. The first-order valence-electron chi connectivity index (χ1n) is 12.1. The van der Waals surface area contributed by atoms with Gasteiger partial charge in [-0.2, -0.15) is 8.42 Å². The fourth-order valence-electron chi connectivity index (χ4n) is 6.66. The standard InChI is InChI=1S/C27H38O4S/c1-20-8-10-24(11-9-20)32(28,29)31-19-23-6-5-7-25-26(3,16-13-22-14-17-30-18-22)21(2)12-15-27(23,25)4/h8-11,14,17-18,21,23,25H,5-7,12-13,15-16,19H2,1-4H3/t21-,23+,25-,26+,27+/m0/s1. The van der Waals surface area contributed by atoms with E-state index in [-0.39, 0.29) is 28.3 Å². The zero-order chi connectivity index (χ0) is 23.0. The van der Waals surface area contributed by atoms with Gasteiger partial charge in [-0.25, -0.2) is 0 Å². The van der Waals surface area contributed by atoms with Crippen LogP contribution in [-0.4, -0.2) is 15.0 Å². The largest absolute Gasteiger partial charge is 0.472 e. The molecule has 2 aliphatic carbocycles. The van der Waals surface area contributed by atoms with Crippen LogP contribution in [0.1, 0.15) is 70.4 Å². The number of aryl methyl sites for hydroxylation is 2. The molecular formula is C27H38O4S. The van der Waals surface area contributed by atoms with E-state index in [9.17, 15) is 8.42 Å². The van der Waals surface area contributed by atoms with Gasteiger partial charge in [-0.15, -0.1) is 0 Å². The molecule has 32 heavy (non-hydrogen) atoms. The Morgan fingerprint density at radius 2 is 1.84 bits per heavy atom. The quantitative estimate of drug-likeness (QED) is 0.429. The zero-order valence-corrected chi connectivity index (χ0v) is 20.8. The molecule has 0 unspecified atom stereocenters. The highest BCUT2D eigenvalue weighted by atomic mass is 32.2. The van der Waals surface area contributed by atoms with Gasteiger partial charge in [0.1, 0.15) is 0 Å². The molecule has 4 rings (SSSR count). The molecule has 0 radical (unpaired) electrons. The van der Waals surface area contributed by atoms with Crippen molar-refractivity contribution in [3.05, 3.63) is 54.0 Å². The van der Waals surface area contributed by atoms with Gasteiger partial charge in [-0.1, -0.05) is 44.9 Å². The van der Waals surface area contributed by atoms with Crippen molar-refractivity contribution >= 4 is 10.1 Å². The molecule has 0 spiro atoms. The Hall–Kier alpha value is -1.59. The Labute approximate surface area is 193 Å². The average Bonchev–Trinajstić information content (AvgIpc) is 3.28. The second kappa shape index (κ2) is 8.98. The number of hydrogen-bond acceptors (Lipinski definition) is 4. The van der Waals surface area contributed by atoms with Crippen molar-refractivity contribution in [3.8, 4) is 0 Å². The fraction of sp³-hybridized carbons (Fsp3) is 0.630. The van der Waals surface area contributed by atoms with Crippen molar-refractivity contribution in [1.82, 2.24) is 0 Å². The fourth-order valence-corrected chi connectivity index (χ4v) is 7.61. The van der Waals surface area contributed by atoms with E-state index in [1.54, 1.807) is 18.4 Å². The van der Waals surface area contributed by atoms with Crippen molar-refractivity contribution in [3.63, 3.8) is 0 Å². The summed E-state index contributed by atoms with van der Waals surface area (Å²) in [5.41, 5.74) is 2.65. The maximum absolute atomic E-state index is 12.8. The molecule has 0 bridgehead atoms. The summed E-state index contributed by atoms with van der Waals surface area (Å²) >= 11 is 0. The minimum Gasteiger partial charge on any atom is -0.472 e. The van der Waals surface area contributed by atoms with Crippen LogP contribution in [0.15, 0.2) is 52.2 Å². The van der Waals surface area contributed by atoms with E-state index in [0.717, 1.165) is 37.7 Å². The number of fused-ring (bicyclic) bond motifs is 1. The summed E-state index contributed by atoms with van der Waals surface area (Å²) in [7, 11) is -3.73. The van der Waals surface area contributed by atoms with Crippen LogP contribution in [0.25, 0.3) is 0 Å². The third-order valence-electron chi connectivity index (χ3n) is 9.08. The Morgan fingerprint density at radius 1 is 1.09 bits per heavy atom. The van der Waals surface area contributed by atoms with Gasteiger partial charge in [0, 0.05) is 0 Å². The van der Waals surface area contributed by atoms with Crippen molar-refractivity contribution in [1.29, 1.82) is 0 Å². The van der Waals surface area contributed by atoms with Crippen LogP contribution in [0.5, 0.6) is 0 Å². The first kappa shape index (κ1) is 23.6. The highest BCUT2D eigenvalue weighted by Crippen LogP contribution is 2.63. The lowest BCUT2D eigenvalue weighted by Gasteiger charge is -2.60. The SMILES string of the molecule is Cc1ccc(S(=O)(=O)OC[C@H]2CCC[C@H]3[C@](C)(CCc4ccoc4)[C@@H](C)CC[C@]23C)cc1. The molecule has 2 saturated carbocycles. The molecule has 1 aromatic carbocycles. The predicted octanol–water partition coefficient (Wildman–Crippen LogP) is 6.78. The predicted molar refractivity (Wildman–Crippen MR) is 127 cm³/mol. The first-order valence-corrected chi connectivity index (χ1v) is 13.5. The van der Waals surface area contributed by atoms with Gasteiger partial charge >= 0.3 is 0 Å². The van der Waals surface area contributed by atoms with Gasteiger partial charge in [0.05, 0.1) is 24.0 Å². The van der Waals surface area contributed by atoms with Gasteiger partial charge in [0.2, 0.25) is 0 Å². The molecule has 0 saturated heterocycles. The number of rotatable bonds is 7. The number of hydrogen-bond donors (Lipinski definition) is 0. The smallest absolute Gasteiger partial charge is 0.296 e. The van der Waals surface area contributed by atoms with Crippen LogP contribution in [0.3, 0.4) is 0 Å². The maximum atomic E-state index is 12.8. The van der Waals surface area contributed by atoms with Crippen molar-refractivity contribution < 1.29 is 17.0 Å². The third kappa shape index (κ3) is 4.43. The lowest BCUT2D eigenvalue weighted by atomic mass is 9.44. The Balaban J connectivity index is 1.50. The molecule has 5 atom stereocenters. The normalized spacial score (nSPS) is 33.1. The van der Waals surface area contributed by atoms with E-state index in [4.69, 9.17) is 8.60 Å². The molecule has 0 N–H and O–H groups in total. The van der Waals surface area contributed by atoms with Gasteiger partial charge in [0.25, 0.3) is 10.1 Å². The lowest BCUT2D eigenvalue weighted by Crippen LogP contribution is -2.54. The van der Waals surface area contributed by atoms with E-state index in [1.165, 1.54) is 18.4 Å². The van der Waals surface area contributed by atoms with Crippen LogP contribution >= 0.6 is 0 Å². The van der Waals surface area contributed by atoms with Crippen LogP contribution in [-0.2, 0) is 20.7 Å². The molecule has 1 heterocycles. The van der Waals surface area contributed by atoms with Crippen LogP contribution in [0, 0.1) is 35.5 Å². The molecule has 5 heteroatoms. The van der Waals surface area contributed by atoms with E-state index in [2.05, 4.69) is 26.8 Å². The average molecular weight is 459 g/mol. The first-order chi connectivity index (χ1) is 15.1. The van der Waals surface area contributed by atoms with Crippen LogP contribution < -0.4 is 0 Å². The molecule has 4 nitrogen and oxygen atoms in total. The number of benzene rings is 1. The van der Waals surface area contributed by atoms with E-state index >= 15 is 0 Å². The Morgan fingerprint density at radius 3 is 2.53 bits per heavy atom. The molecule has 0 aliphatic heterocycles. The Kier molecular flexibility index (Phi) is 6.61. The molecule has 1 aromatic heterocycles. The summed E-state index contributed by atoms with van der Waals surface area (Å²) in [5, 5.41) is 0. The number of furan rings is 1. The highest BCUT2D eigenvalue weighted by Gasteiger charge is 2.55. The molecule has 2 aliphatic rings. The van der Waals surface area contributed by atoms with Gasteiger partial charge in [-0.05, 0) is 97.8 Å². The Bertz CT molecular complexity index is 995. The summed E-state index contributed by atoms with van der Waals surface area (Å²) in [6, 6.07) is 9.00. The van der Waals surface area contributed by atoms with E-state index < -0.39 is 10.1 Å². The van der Waals surface area contributed by atoms with E-state index in [0.29, 0.717) is 11.8 Å².